The number of carbonyl (C=O) groups excluding carboxylic acids is 2. The molecule has 0 aliphatic heterocycles. The predicted molar refractivity (Wildman–Crippen MR) is 125 cm³/mol. The van der Waals surface area contributed by atoms with E-state index >= 15 is 0 Å². The van der Waals surface area contributed by atoms with Crippen LogP contribution in [0.1, 0.15) is 31.2 Å². The average Bonchev–Trinajstić information content (AvgIpc) is 3.05. The summed E-state index contributed by atoms with van der Waals surface area (Å²) in [6.07, 6.45) is 0.836. The molecule has 1 N–H and O–H groups in total. The number of nitrogens with zero attached hydrogens (tertiary/aromatic N) is 4. The van der Waals surface area contributed by atoms with Gasteiger partial charge in [0.15, 0.2) is 17.6 Å². The second kappa shape index (κ2) is 10.4. The van der Waals surface area contributed by atoms with Gasteiger partial charge >= 0.3 is 5.97 Å². The molecule has 0 aliphatic rings. The minimum Gasteiger partial charge on any atom is -0.493 e. The van der Waals surface area contributed by atoms with Gasteiger partial charge < -0.3 is 19.5 Å². The second-order valence-electron chi connectivity index (χ2n) is 7.86. The topological polar surface area (TPSA) is 127 Å². The predicted octanol–water partition coefficient (Wildman–Crippen LogP) is 2.11. The lowest BCUT2D eigenvalue weighted by Crippen LogP contribution is -2.30. The van der Waals surface area contributed by atoms with Crippen molar-refractivity contribution >= 4 is 28.5 Å². The van der Waals surface area contributed by atoms with Crippen molar-refractivity contribution in [2.24, 2.45) is 7.05 Å². The van der Waals surface area contributed by atoms with Gasteiger partial charge in [-0.1, -0.05) is 0 Å². The molecule has 0 fully saturated rings. The van der Waals surface area contributed by atoms with Crippen molar-refractivity contribution in [3.63, 3.8) is 0 Å². The lowest BCUT2D eigenvalue weighted by molar-refractivity contribution is -0.153. The molecule has 11 nitrogen and oxygen atoms in total. The first-order valence-corrected chi connectivity index (χ1v) is 10.8. The summed E-state index contributed by atoms with van der Waals surface area (Å²) in [7, 11) is 4.78. The summed E-state index contributed by atoms with van der Waals surface area (Å²) >= 11 is 0. The van der Waals surface area contributed by atoms with E-state index in [9.17, 15) is 14.4 Å². The third-order valence-corrected chi connectivity index (χ3v) is 5.54. The fourth-order valence-electron chi connectivity index (χ4n) is 3.53. The highest BCUT2D eigenvalue weighted by molar-refractivity contribution is 5.96. The van der Waals surface area contributed by atoms with E-state index in [4.69, 9.17) is 14.2 Å². The van der Waals surface area contributed by atoms with Crippen LogP contribution in [-0.2, 0) is 27.9 Å². The molecule has 0 aliphatic carbocycles. The molecule has 2 aromatic heterocycles. The Morgan fingerprint density at radius 2 is 1.82 bits per heavy atom. The van der Waals surface area contributed by atoms with Gasteiger partial charge in [0.2, 0.25) is 0 Å². The third-order valence-electron chi connectivity index (χ3n) is 5.54. The Morgan fingerprint density at radius 1 is 1.15 bits per heavy atom. The van der Waals surface area contributed by atoms with Crippen molar-refractivity contribution in [3.05, 3.63) is 40.2 Å². The maximum atomic E-state index is 12.8. The van der Waals surface area contributed by atoms with E-state index in [0.29, 0.717) is 40.2 Å². The summed E-state index contributed by atoms with van der Waals surface area (Å²) in [5, 5.41) is 7.38. The molecular weight excluding hydrogens is 442 g/mol. The maximum Gasteiger partial charge on any atom is 0.306 e. The molecule has 1 amide bonds. The molecule has 0 spiro atoms. The Morgan fingerprint density at radius 3 is 2.44 bits per heavy atom. The summed E-state index contributed by atoms with van der Waals surface area (Å²) in [5.41, 5.74) is 2.31. The number of ether oxygens (including phenoxy) is 3. The number of fused-ring (bicyclic) bond motifs is 1. The quantitative estimate of drug-likeness (QED) is 0.470. The number of methoxy groups -OCH3 is 2. The zero-order valence-corrected chi connectivity index (χ0v) is 20.2. The summed E-state index contributed by atoms with van der Waals surface area (Å²) in [6.45, 7) is 5.39. The van der Waals surface area contributed by atoms with Crippen LogP contribution in [0.3, 0.4) is 0 Å². The van der Waals surface area contributed by atoms with Crippen LogP contribution in [0.2, 0.25) is 0 Å². The molecule has 11 heteroatoms. The lowest BCUT2D eigenvalue weighted by Gasteiger charge is -2.14. The SMILES string of the molecule is COc1cc2ncn(CCCC(=O)OC(C)C(=O)Nc3c(C)nn(C)c3C)c(=O)c2cc1OC. The third kappa shape index (κ3) is 5.19. The number of hydrogen-bond donors (Lipinski definition) is 1. The number of hydrogen-bond acceptors (Lipinski definition) is 8. The highest BCUT2D eigenvalue weighted by Crippen LogP contribution is 2.29. The van der Waals surface area contributed by atoms with E-state index in [1.807, 2.05) is 6.92 Å². The van der Waals surface area contributed by atoms with Crippen LogP contribution in [0.4, 0.5) is 5.69 Å². The van der Waals surface area contributed by atoms with Crippen molar-refractivity contribution in [2.45, 2.75) is 46.3 Å². The summed E-state index contributed by atoms with van der Waals surface area (Å²) in [4.78, 5) is 41.8. The molecule has 182 valence electrons. The number of amides is 1. The number of anilines is 1. The molecule has 1 aromatic carbocycles. The zero-order chi connectivity index (χ0) is 25.0. The van der Waals surface area contributed by atoms with Gasteiger partial charge in [-0.2, -0.15) is 5.10 Å². The molecule has 34 heavy (non-hydrogen) atoms. The first-order chi connectivity index (χ1) is 16.2. The van der Waals surface area contributed by atoms with Crippen molar-refractivity contribution < 1.29 is 23.8 Å². The highest BCUT2D eigenvalue weighted by Gasteiger charge is 2.21. The summed E-state index contributed by atoms with van der Waals surface area (Å²) in [5.74, 6) is -0.0593. The Balaban J connectivity index is 1.57. The van der Waals surface area contributed by atoms with Crippen molar-refractivity contribution in [1.82, 2.24) is 19.3 Å². The maximum absolute atomic E-state index is 12.8. The molecule has 1 atom stereocenters. The molecule has 0 saturated heterocycles. The Labute approximate surface area is 196 Å². The van der Waals surface area contributed by atoms with Crippen LogP contribution >= 0.6 is 0 Å². The zero-order valence-electron chi connectivity index (χ0n) is 20.2. The van der Waals surface area contributed by atoms with E-state index in [2.05, 4.69) is 15.4 Å². The average molecular weight is 472 g/mol. The van der Waals surface area contributed by atoms with Gasteiger partial charge in [-0.15, -0.1) is 0 Å². The van der Waals surface area contributed by atoms with Gasteiger partial charge in [-0.05, 0) is 33.3 Å². The van der Waals surface area contributed by atoms with Crippen LogP contribution in [-0.4, -0.2) is 51.5 Å². The molecule has 0 radical (unpaired) electrons. The van der Waals surface area contributed by atoms with Crippen molar-refractivity contribution in [2.75, 3.05) is 19.5 Å². The Bertz CT molecular complexity index is 1280. The van der Waals surface area contributed by atoms with Gasteiger partial charge in [0, 0.05) is 26.1 Å². The van der Waals surface area contributed by atoms with E-state index in [1.54, 1.807) is 30.8 Å². The van der Waals surface area contributed by atoms with Gasteiger partial charge in [0.1, 0.15) is 0 Å². The van der Waals surface area contributed by atoms with Gasteiger partial charge in [0.05, 0.1) is 48.5 Å². The highest BCUT2D eigenvalue weighted by atomic mass is 16.5. The number of rotatable bonds is 9. The van der Waals surface area contributed by atoms with Gasteiger partial charge in [0.25, 0.3) is 11.5 Å². The number of aromatic nitrogens is 4. The molecular formula is C23H29N5O6. The Kier molecular flexibility index (Phi) is 7.54. The van der Waals surface area contributed by atoms with Crippen LogP contribution < -0.4 is 20.3 Å². The first kappa shape index (κ1) is 24.7. The molecule has 1 unspecified atom stereocenters. The molecule has 3 rings (SSSR count). The smallest absolute Gasteiger partial charge is 0.306 e. The number of aryl methyl sites for hydroxylation is 3. The van der Waals surface area contributed by atoms with Crippen LogP contribution in [0.5, 0.6) is 11.5 Å². The standard InChI is InChI=1S/C23H29N5O6/c1-13-21(14(2)27(4)26-13)25-22(30)15(3)34-20(29)8-7-9-28-12-24-17-11-19(33-6)18(32-5)10-16(17)23(28)31/h10-12,15H,7-9H2,1-6H3,(H,25,30). The largest absolute Gasteiger partial charge is 0.493 e. The normalized spacial score (nSPS) is 11.8. The van der Waals surface area contributed by atoms with Crippen LogP contribution in [0, 0.1) is 13.8 Å². The molecule has 3 aromatic rings. The van der Waals surface area contributed by atoms with Gasteiger partial charge in [-0.3, -0.25) is 23.6 Å². The van der Waals surface area contributed by atoms with Crippen molar-refractivity contribution in [3.8, 4) is 11.5 Å². The fraction of sp³-hybridized carbons (Fsp3) is 0.435. The van der Waals surface area contributed by atoms with Crippen molar-refractivity contribution in [1.29, 1.82) is 0 Å². The van der Waals surface area contributed by atoms with Gasteiger partial charge in [-0.25, -0.2) is 4.98 Å². The molecule has 0 bridgehead atoms. The molecule has 0 saturated carbocycles. The fourth-order valence-corrected chi connectivity index (χ4v) is 3.53. The Hall–Kier alpha value is -3.89. The van der Waals surface area contributed by atoms with Crippen LogP contribution in [0.25, 0.3) is 10.9 Å². The van der Waals surface area contributed by atoms with E-state index in [0.717, 1.165) is 5.69 Å². The summed E-state index contributed by atoms with van der Waals surface area (Å²) in [6, 6.07) is 3.22. The van der Waals surface area contributed by atoms with Crippen LogP contribution in [0.15, 0.2) is 23.3 Å². The first-order valence-electron chi connectivity index (χ1n) is 10.8. The number of benzene rings is 1. The number of carbonyl (C=O) groups is 2. The molecule has 2 heterocycles. The van der Waals surface area contributed by atoms with E-state index in [-0.39, 0.29) is 18.5 Å². The minimum atomic E-state index is -0.973. The monoisotopic (exact) mass is 471 g/mol. The minimum absolute atomic E-state index is 0.0407. The lowest BCUT2D eigenvalue weighted by atomic mass is 10.2. The number of nitrogens with one attached hydrogen (secondary N) is 1. The summed E-state index contributed by atoms with van der Waals surface area (Å²) < 4.78 is 18.8. The van der Waals surface area contributed by atoms with E-state index in [1.165, 1.54) is 32.0 Å². The number of esters is 1. The second-order valence-corrected chi connectivity index (χ2v) is 7.86. The van der Waals surface area contributed by atoms with E-state index < -0.39 is 18.0 Å².